The van der Waals surface area contributed by atoms with E-state index in [9.17, 15) is 0 Å². The van der Waals surface area contributed by atoms with Crippen molar-refractivity contribution in [3.63, 3.8) is 0 Å². The Morgan fingerprint density at radius 1 is 1.53 bits per heavy atom. The molecule has 1 aromatic rings. The first kappa shape index (κ1) is 12.3. The molecular weight excluding hydrogens is 188 g/mol. The fraction of sp³-hybridized carbons (Fsp3) is 0.667. The van der Waals surface area contributed by atoms with Gasteiger partial charge in [0.05, 0.1) is 0 Å². The topological polar surface area (TPSA) is 37.2 Å². The van der Waals surface area contributed by atoms with Crippen LogP contribution < -0.4 is 5.32 Å². The number of nitrogens with one attached hydrogen (secondary N) is 1. The molecule has 0 saturated heterocycles. The summed E-state index contributed by atoms with van der Waals surface area (Å²) in [6.07, 6.45) is 4.02. The van der Waals surface area contributed by atoms with Gasteiger partial charge in [-0.1, -0.05) is 0 Å². The molecule has 0 aliphatic rings. The second-order valence-corrected chi connectivity index (χ2v) is 3.93. The predicted octanol–water partition coefficient (Wildman–Crippen LogP) is 1.76. The van der Waals surface area contributed by atoms with Crippen molar-refractivity contribution in [3.05, 3.63) is 24.0 Å². The summed E-state index contributed by atoms with van der Waals surface area (Å²) in [5, 5.41) is 12.2. The Morgan fingerprint density at radius 3 is 3.00 bits per heavy atom. The SMILES string of the molecule is CCn1cccc1CNC(C)CCCO. The normalized spacial score (nSPS) is 13.0. The summed E-state index contributed by atoms with van der Waals surface area (Å²) in [5.41, 5.74) is 1.33. The van der Waals surface area contributed by atoms with Crippen molar-refractivity contribution in [2.24, 2.45) is 0 Å². The summed E-state index contributed by atoms with van der Waals surface area (Å²) in [6, 6.07) is 4.70. The standard InChI is InChI=1S/C12H22N2O/c1-3-14-8-4-7-12(14)10-13-11(2)6-5-9-15/h4,7-8,11,13,15H,3,5-6,9-10H2,1-2H3. The van der Waals surface area contributed by atoms with E-state index >= 15 is 0 Å². The van der Waals surface area contributed by atoms with Crippen molar-refractivity contribution in [3.8, 4) is 0 Å². The van der Waals surface area contributed by atoms with Crippen LogP contribution in [0.5, 0.6) is 0 Å². The fourth-order valence-electron chi connectivity index (χ4n) is 1.70. The summed E-state index contributed by atoms with van der Waals surface area (Å²) >= 11 is 0. The zero-order valence-electron chi connectivity index (χ0n) is 9.74. The molecular formula is C12H22N2O. The summed E-state index contributed by atoms with van der Waals surface area (Å²) in [6.45, 7) is 6.54. The first-order valence-electron chi connectivity index (χ1n) is 5.76. The van der Waals surface area contributed by atoms with E-state index in [2.05, 4.69) is 42.1 Å². The highest BCUT2D eigenvalue weighted by Crippen LogP contribution is 2.03. The van der Waals surface area contributed by atoms with Crippen LogP contribution in [0, 0.1) is 0 Å². The van der Waals surface area contributed by atoms with Crippen LogP contribution in [-0.2, 0) is 13.1 Å². The van der Waals surface area contributed by atoms with Crippen molar-refractivity contribution < 1.29 is 5.11 Å². The minimum absolute atomic E-state index is 0.289. The molecule has 0 aliphatic heterocycles. The van der Waals surface area contributed by atoms with E-state index in [1.54, 1.807) is 0 Å². The Kier molecular flexibility index (Phi) is 5.43. The van der Waals surface area contributed by atoms with Crippen LogP contribution in [0.25, 0.3) is 0 Å². The maximum atomic E-state index is 8.72. The van der Waals surface area contributed by atoms with Crippen LogP contribution in [0.3, 0.4) is 0 Å². The van der Waals surface area contributed by atoms with Gasteiger partial charge in [-0.3, -0.25) is 0 Å². The van der Waals surface area contributed by atoms with Gasteiger partial charge in [0.25, 0.3) is 0 Å². The van der Waals surface area contributed by atoms with Crippen LogP contribution in [0.4, 0.5) is 0 Å². The zero-order valence-corrected chi connectivity index (χ0v) is 9.74. The molecule has 2 N–H and O–H groups in total. The minimum Gasteiger partial charge on any atom is -0.396 e. The summed E-state index contributed by atoms with van der Waals surface area (Å²) in [5.74, 6) is 0. The molecule has 3 nitrogen and oxygen atoms in total. The van der Waals surface area contributed by atoms with Gasteiger partial charge in [0.1, 0.15) is 0 Å². The second kappa shape index (κ2) is 6.64. The smallest absolute Gasteiger partial charge is 0.0431 e. The molecule has 1 rings (SSSR count). The highest BCUT2D eigenvalue weighted by molar-refractivity contribution is 5.06. The van der Waals surface area contributed by atoms with E-state index in [1.807, 2.05) is 0 Å². The lowest BCUT2D eigenvalue weighted by Gasteiger charge is -2.14. The van der Waals surface area contributed by atoms with Crippen LogP contribution in [0.1, 0.15) is 32.4 Å². The van der Waals surface area contributed by atoms with Gasteiger partial charge < -0.3 is 15.0 Å². The van der Waals surface area contributed by atoms with Gasteiger partial charge in [0.2, 0.25) is 0 Å². The number of aryl methyl sites for hydroxylation is 1. The Morgan fingerprint density at radius 2 is 2.33 bits per heavy atom. The molecule has 15 heavy (non-hydrogen) atoms. The van der Waals surface area contributed by atoms with Crippen LogP contribution in [-0.4, -0.2) is 22.3 Å². The number of aromatic nitrogens is 1. The molecule has 0 aromatic carbocycles. The lowest BCUT2D eigenvalue weighted by atomic mass is 10.2. The lowest BCUT2D eigenvalue weighted by Crippen LogP contribution is -2.26. The Hall–Kier alpha value is -0.800. The maximum Gasteiger partial charge on any atom is 0.0431 e. The Bertz CT molecular complexity index is 270. The van der Waals surface area contributed by atoms with Gasteiger partial charge in [-0.05, 0) is 38.8 Å². The third-order valence-corrected chi connectivity index (χ3v) is 2.69. The molecule has 0 radical (unpaired) electrons. The van der Waals surface area contributed by atoms with Gasteiger partial charge in [0.15, 0.2) is 0 Å². The van der Waals surface area contributed by atoms with Gasteiger partial charge in [0, 0.05) is 37.6 Å². The van der Waals surface area contributed by atoms with E-state index < -0.39 is 0 Å². The van der Waals surface area contributed by atoms with Crippen molar-refractivity contribution in [2.75, 3.05) is 6.61 Å². The summed E-state index contributed by atoms with van der Waals surface area (Å²) in [4.78, 5) is 0. The quantitative estimate of drug-likeness (QED) is 0.719. The largest absolute Gasteiger partial charge is 0.396 e. The highest BCUT2D eigenvalue weighted by atomic mass is 16.2. The number of hydrogen-bond donors (Lipinski definition) is 2. The van der Waals surface area contributed by atoms with E-state index in [-0.39, 0.29) is 6.61 Å². The summed E-state index contributed by atoms with van der Waals surface area (Å²) < 4.78 is 2.24. The number of aliphatic hydroxyl groups excluding tert-OH is 1. The average Bonchev–Trinajstić information content (AvgIpc) is 2.70. The van der Waals surface area contributed by atoms with E-state index in [0.29, 0.717) is 6.04 Å². The molecule has 0 spiro atoms. The third kappa shape index (κ3) is 4.06. The van der Waals surface area contributed by atoms with E-state index in [4.69, 9.17) is 5.11 Å². The van der Waals surface area contributed by atoms with Gasteiger partial charge in [-0.15, -0.1) is 0 Å². The van der Waals surface area contributed by atoms with E-state index in [0.717, 1.165) is 25.9 Å². The lowest BCUT2D eigenvalue weighted by molar-refractivity contribution is 0.276. The van der Waals surface area contributed by atoms with Gasteiger partial charge >= 0.3 is 0 Å². The minimum atomic E-state index is 0.289. The Labute approximate surface area is 92.1 Å². The second-order valence-electron chi connectivity index (χ2n) is 3.93. The third-order valence-electron chi connectivity index (χ3n) is 2.69. The highest BCUT2D eigenvalue weighted by Gasteiger charge is 2.03. The van der Waals surface area contributed by atoms with Gasteiger partial charge in [-0.2, -0.15) is 0 Å². The molecule has 1 unspecified atom stereocenters. The molecule has 0 aliphatic carbocycles. The monoisotopic (exact) mass is 210 g/mol. The van der Waals surface area contributed by atoms with Crippen LogP contribution in [0.2, 0.25) is 0 Å². The molecule has 1 heterocycles. The molecule has 0 bridgehead atoms. The van der Waals surface area contributed by atoms with Gasteiger partial charge in [-0.25, -0.2) is 0 Å². The average molecular weight is 210 g/mol. The first-order valence-corrected chi connectivity index (χ1v) is 5.76. The summed E-state index contributed by atoms with van der Waals surface area (Å²) in [7, 11) is 0. The molecule has 1 aromatic heterocycles. The van der Waals surface area contributed by atoms with Crippen LogP contribution >= 0.6 is 0 Å². The number of hydrogen-bond acceptors (Lipinski definition) is 2. The molecule has 0 amide bonds. The van der Waals surface area contributed by atoms with Crippen molar-refractivity contribution in [1.82, 2.24) is 9.88 Å². The molecule has 86 valence electrons. The fourth-order valence-corrected chi connectivity index (χ4v) is 1.70. The van der Waals surface area contributed by atoms with Crippen molar-refractivity contribution in [1.29, 1.82) is 0 Å². The van der Waals surface area contributed by atoms with Crippen molar-refractivity contribution in [2.45, 2.75) is 45.8 Å². The predicted molar refractivity (Wildman–Crippen MR) is 62.7 cm³/mol. The maximum absolute atomic E-state index is 8.72. The zero-order chi connectivity index (χ0) is 11.1. The molecule has 0 saturated carbocycles. The molecule has 1 atom stereocenters. The van der Waals surface area contributed by atoms with Crippen molar-refractivity contribution >= 4 is 0 Å². The number of rotatable bonds is 7. The van der Waals surface area contributed by atoms with Crippen LogP contribution in [0.15, 0.2) is 18.3 Å². The first-order chi connectivity index (χ1) is 7.27. The molecule has 0 fully saturated rings. The number of aliphatic hydroxyl groups is 1. The van der Waals surface area contributed by atoms with E-state index in [1.165, 1.54) is 5.69 Å². The Balaban J connectivity index is 2.30. The number of nitrogens with zero attached hydrogens (tertiary/aromatic N) is 1. The molecule has 3 heteroatoms.